The number of rotatable bonds is 5. The highest BCUT2D eigenvalue weighted by atomic mass is 79.9. The first-order valence-electron chi connectivity index (χ1n) is 6.61. The fraction of sp³-hybridized carbons (Fsp3) is 0.125. The molecule has 0 heterocycles. The monoisotopic (exact) mass is 380 g/mol. The third-order valence-electron chi connectivity index (χ3n) is 2.73. The first-order chi connectivity index (χ1) is 10.6. The molecule has 0 spiro atoms. The van der Waals surface area contributed by atoms with Gasteiger partial charge < -0.3 is 4.74 Å². The van der Waals surface area contributed by atoms with E-state index in [1.165, 1.54) is 6.21 Å². The fourth-order valence-electron chi connectivity index (χ4n) is 1.76. The highest BCUT2D eigenvalue weighted by molar-refractivity contribution is 9.10. The van der Waals surface area contributed by atoms with Crippen LogP contribution in [-0.2, 0) is 0 Å². The Morgan fingerprint density at radius 1 is 1.36 bits per heavy atom. The van der Waals surface area contributed by atoms with Gasteiger partial charge in [-0.1, -0.05) is 33.6 Å². The minimum Gasteiger partial charge on any atom is -0.493 e. The molecule has 2 aromatic carbocycles. The van der Waals surface area contributed by atoms with Crippen molar-refractivity contribution in [3.05, 3.63) is 63.1 Å². The third-order valence-corrected chi connectivity index (χ3v) is 3.46. The third kappa shape index (κ3) is 4.58. The number of halogens is 2. The van der Waals surface area contributed by atoms with Gasteiger partial charge in [-0.25, -0.2) is 5.43 Å². The van der Waals surface area contributed by atoms with Gasteiger partial charge in [0.15, 0.2) is 0 Å². The van der Waals surface area contributed by atoms with Gasteiger partial charge >= 0.3 is 0 Å². The summed E-state index contributed by atoms with van der Waals surface area (Å²) in [5.41, 5.74) is 3.68. The minimum absolute atomic E-state index is 0.327. The molecule has 1 N–H and O–H groups in total. The number of nitrogens with one attached hydrogen (secondary N) is 1. The number of nitrogens with zero attached hydrogens (tertiary/aromatic N) is 1. The normalized spacial score (nSPS) is 10.7. The summed E-state index contributed by atoms with van der Waals surface area (Å²) < 4.78 is 6.41. The SMILES string of the molecule is CCOc1ccc(Br)cc1/C=N\NC(=O)c1cccc(Cl)c1. The first-order valence-corrected chi connectivity index (χ1v) is 7.78. The molecule has 0 aliphatic rings. The number of benzene rings is 2. The standard InChI is InChI=1S/C16H14BrClN2O2/c1-2-22-15-7-6-13(17)8-12(15)10-19-20-16(21)11-4-3-5-14(18)9-11/h3-10H,2H2,1H3,(H,20,21)/b19-10-. The van der Waals surface area contributed by atoms with Crippen molar-refractivity contribution in [3.8, 4) is 5.75 Å². The Balaban J connectivity index is 2.09. The first kappa shape index (κ1) is 16.5. The molecule has 22 heavy (non-hydrogen) atoms. The van der Waals surface area contributed by atoms with Gasteiger partial charge in [-0.15, -0.1) is 0 Å². The lowest BCUT2D eigenvalue weighted by Gasteiger charge is -2.07. The molecule has 0 unspecified atom stereocenters. The zero-order valence-corrected chi connectivity index (χ0v) is 14.2. The van der Waals surface area contributed by atoms with Crippen molar-refractivity contribution in [1.82, 2.24) is 5.43 Å². The van der Waals surface area contributed by atoms with Crippen LogP contribution >= 0.6 is 27.5 Å². The van der Waals surface area contributed by atoms with E-state index in [4.69, 9.17) is 16.3 Å². The van der Waals surface area contributed by atoms with Gasteiger partial charge in [0.05, 0.1) is 12.8 Å². The van der Waals surface area contributed by atoms with Crippen LogP contribution in [0.5, 0.6) is 5.75 Å². The molecule has 0 fully saturated rings. The van der Waals surface area contributed by atoms with Gasteiger partial charge in [-0.3, -0.25) is 4.79 Å². The molecule has 0 aromatic heterocycles. The van der Waals surface area contributed by atoms with Gasteiger partial charge in [0.25, 0.3) is 5.91 Å². The lowest BCUT2D eigenvalue weighted by atomic mass is 10.2. The second kappa shape index (κ2) is 7.96. The summed E-state index contributed by atoms with van der Waals surface area (Å²) >= 11 is 9.25. The van der Waals surface area contributed by atoms with Crippen LogP contribution in [0.25, 0.3) is 0 Å². The van der Waals surface area contributed by atoms with Crippen LogP contribution in [0.2, 0.25) is 5.02 Å². The molecule has 0 saturated carbocycles. The van der Waals surface area contributed by atoms with Crippen molar-refractivity contribution >= 4 is 39.7 Å². The number of hydrazone groups is 1. The van der Waals surface area contributed by atoms with Crippen LogP contribution in [0.4, 0.5) is 0 Å². The highest BCUT2D eigenvalue weighted by Crippen LogP contribution is 2.21. The molecule has 4 nitrogen and oxygen atoms in total. The molecular formula is C16H14BrClN2O2. The molecular weight excluding hydrogens is 368 g/mol. The lowest BCUT2D eigenvalue weighted by Crippen LogP contribution is -2.17. The van der Waals surface area contributed by atoms with Crippen molar-refractivity contribution < 1.29 is 9.53 Å². The van der Waals surface area contributed by atoms with Crippen molar-refractivity contribution in [2.24, 2.45) is 5.10 Å². The van der Waals surface area contributed by atoms with E-state index < -0.39 is 0 Å². The quantitative estimate of drug-likeness (QED) is 0.621. The maximum absolute atomic E-state index is 11.9. The van der Waals surface area contributed by atoms with E-state index in [-0.39, 0.29) is 5.91 Å². The summed E-state index contributed by atoms with van der Waals surface area (Å²) in [4.78, 5) is 11.9. The second-order valence-electron chi connectivity index (χ2n) is 4.32. The van der Waals surface area contributed by atoms with Gasteiger partial charge in [0, 0.05) is 20.6 Å². The predicted octanol–water partition coefficient (Wildman–Crippen LogP) is 4.27. The Hall–Kier alpha value is -1.85. The van der Waals surface area contributed by atoms with E-state index >= 15 is 0 Å². The van der Waals surface area contributed by atoms with Crippen LogP contribution in [0, 0.1) is 0 Å². The van der Waals surface area contributed by atoms with E-state index in [0.29, 0.717) is 22.9 Å². The number of ether oxygens (including phenoxy) is 1. The van der Waals surface area contributed by atoms with Crippen LogP contribution in [0.15, 0.2) is 52.0 Å². The summed E-state index contributed by atoms with van der Waals surface area (Å²) in [6, 6.07) is 12.2. The Morgan fingerprint density at radius 3 is 2.91 bits per heavy atom. The molecule has 0 atom stereocenters. The van der Waals surface area contributed by atoms with E-state index in [1.807, 2.05) is 25.1 Å². The fourth-order valence-corrected chi connectivity index (χ4v) is 2.33. The maximum atomic E-state index is 11.9. The summed E-state index contributed by atoms with van der Waals surface area (Å²) in [6.07, 6.45) is 1.54. The molecule has 114 valence electrons. The van der Waals surface area contributed by atoms with E-state index in [2.05, 4.69) is 26.5 Å². The highest BCUT2D eigenvalue weighted by Gasteiger charge is 2.05. The average molecular weight is 382 g/mol. The molecule has 2 rings (SSSR count). The van der Waals surface area contributed by atoms with Gasteiger partial charge in [0.1, 0.15) is 5.75 Å². The minimum atomic E-state index is -0.327. The molecule has 0 aliphatic heterocycles. The lowest BCUT2D eigenvalue weighted by molar-refractivity contribution is 0.0955. The average Bonchev–Trinajstić information content (AvgIpc) is 2.50. The Bertz CT molecular complexity index is 704. The summed E-state index contributed by atoms with van der Waals surface area (Å²) in [5.74, 6) is 0.373. The molecule has 0 saturated heterocycles. The van der Waals surface area contributed by atoms with Crippen LogP contribution in [-0.4, -0.2) is 18.7 Å². The smallest absolute Gasteiger partial charge is 0.271 e. The van der Waals surface area contributed by atoms with Crippen molar-refractivity contribution in [1.29, 1.82) is 0 Å². The van der Waals surface area contributed by atoms with Crippen molar-refractivity contribution in [2.45, 2.75) is 6.92 Å². The largest absolute Gasteiger partial charge is 0.493 e. The van der Waals surface area contributed by atoms with Gasteiger partial charge in [-0.05, 0) is 43.3 Å². The van der Waals surface area contributed by atoms with Crippen molar-refractivity contribution in [2.75, 3.05) is 6.61 Å². The molecule has 6 heteroatoms. The van der Waals surface area contributed by atoms with E-state index in [1.54, 1.807) is 24.3 Å². The van der Waals surface area contributed by atoms with E-state index in [9.17, 15) is 4.79 Å². The molecule has 2 aromatic rings. The maximum Gasteiger partial charge on any atom is 0.271 e. The topological polar surface area (TPSA) is 50.7 Å². The van der Waals surface area contributed by atoms with Gasteiger partial charge in [0.2, 0.25) is 0 Å². The van der Waals surface area contributed by atoms with Crippen molar-refractivity contribution in [3.63, 3.8) is 0 Å². The second-order valence-corrected chi connectivity index (χ2v) is 5.68. The zero-order chi connectivity index (χ0) is 15.9. The number of amides is 1. The molecule has 0 radical (unpaired) electrons. The van der Waals surface area contributed by atoms with E-state index in [0.717, 1.165) is 10.0 Å². The Labute approximate surface area is 142 Å². The molecule has 0 aliphatic carbocycles. The number of hydrogen-bond donors (Lipinski definition) is 1. The van der Waals surface area contributed by atoms with Gasteiger partial charge in [-0.2, -0.15) is 5.10 Å². The Kier molecular flexibility index (Phi) is 5.98. The van der Waals surface area contributed by atoms with Crippen LogP contribution < -0.4 is 10.2 Å². The number of hydrogen-bond acceptors (Lipinski definition) is 3. The van der Waals surface area contributed by atoms with Crippen LogP contribution in [0.3, 0.4) is 0 Å². The summed E-state index contributed by atoms with van der Waals surface area (Å²) in [7, 11) is 0. The predicted molar refractivity (Wildman–Crippen MR) is 91.8 cm³/mol. The molecule has 0 bridgehead atoms. The number of carbonyl (C=O) groups excluding carboxylic acids is 1. The number of carbonyl (C=O) groups is 1. The zero-order valence-electron chi connectivity index (χ0n) is 11.8. The molecule has 1 amide bonds. The summed E-state index contributed by atoms with van der Waals surface area (Å²) in [5, 5.41) is 4.47. The Morgan fingerprint density at radius 2 is 2.18 bits per heavy atom. The van der Waals surface area contributed by atoms with Crippen LogP contribution in [0.1, 0.15) is 22.8 Å². The summed E-state index contributed by atoms with van der Waals surface area (Å²) in [6.45, 7) is 2.46.